The Morgan fingerprint density at radius 2 is 2.00 bits per heavy atom. The van der Waals surface area contributed by atoms with Gasteiger partial charge in [0.25, 0.3) is 6.33 Å². The topological polar surface area (TPSA) is 30.9 Å². The minimum atomic E-state index is 0.859. The fraction of sp³-hybridized carbons (Fsp3) is 0.200. The molecule has 1 heterocycles. The lowest BCUT2D eigenvalue weighted by Crippen LogP contribution is -2.27. The summed E-state index contributed by atoms with van der Waals surface area (Å²) in [6.07, 6.45) is 3.67. The average molecular weight is 190 g/mol. The van der Waals surface area contributed by atoms with Crippen LogP contribution in [0.3, 0.4) is 0 Å². The number of benzene rings is 1. The zero-order valence-electron chi connectivity index (χ0n) is 8.21. The van der Waals surface area contributed by atoms with Crippen LogP contribution in [0.1, 0.15) is 0 Å². The molecule has 1 aromatic carbocycles. The summed E-state index contributed by atoms with van der Waals surface area (Å²) in [5, 5.41) is 4.08. The van der Waals surface area contributed by atoms with Gasteiger partial charge in [-0.15, -0.1) is 4.68 Å². The first kappa shape index (κ1) is 8.74. The predicted molar refractivity (Wildman–Crippen MR) is 51.3 cm³/mol. The van der Waals surface area contributed by atoms with Crippen LogP contribution in [-0.4, -0.2) is 16.9 Å². The largest absolute Gasteiger partial charge is 0.497 e. The molecule has 0 saturated carbocycles. The van der Waals surface area contributed by atoms with Crippen molar-refractivity contribution in [3.63, 3.8) is 0 Å². The number of nitrogens with zero attached hydrogens (tertiary/aromatic N) is 3. The summed E-state index contributed by atoms with van der Waals surface area (Å²) in [5.74, 6) is 0.859. The number of hydrogen-bond donors (Lipinski definition) is 0. The maximum atomic E-state index is 5.08. The fourth-order valence-corrected chi connectivity index (χ4v) is 1.26. The van der Waals surface area contributed by atoms with Crippen LogP contribution >= 0.6 is 0 Å². The Morgan fingerprint density at radius 1 is 1.29 bits per heavy atom. The van der Waals surface area contributed by atoms with Crippen molar-refractivity contribution in [1.29, 1.82) is 0 Å². The molecule has 72 valence electrons. The summed E-state index contributed by atoms with van der Waals surface area (Å²) in [6, 6.07) is 7.83. The monoisotopic (exact) mass is 190 g/mol. The number of ether oxygens (including phenoxy) is 1. The Bertz CT molecular complexity index is 419. The van der Waals surface area contributed by atoms with Gasteiger partial charge in [-0.05, 0) is 24.3 Å². The van der Waals surface area contributed by atoms with Crippen molar-refractivity contribution >= 4 is 0 Å². The number of hydrogen-bond acceptors (Lipinski definition) is 2. The van der Waals surface area contributed by atoms with Crippen LogP contribution in [0.5, 0.6) is 5.75 Å². The zero-order valence-corrected chi connectivity index (χ0v) is 8.21. The molecule has 0 atom stereocenters. The normalized spacial score (nSPS) is 10.1. The van der Waals surface area contributed by atoms with Crippen LogP contribution in [-0.2, 0) is 7.05 Å². The summed E-state index contributed by atoms with van der Waals surface area (Å²) in [6.45, 7) is 0. The van der Waals surface area contributed by atoms with Crippen molar-refractivity contribution in [2.75, 3.05) is 7.11 Å². The van der Waals surface area contributed by atoms with Crippen molar-refractivity contribution < 1.29 is 9.30 Å². The molecule has 0 unspecified atom stereocenters. The quantitative estimate of drug-likeness (QED) is 0.653. The minimum Gasteiger partial charge on any atom is -0.497 e. The third kappa shape index (κ3) is 1.59. The van der Waals surface area contributed by atoms with E-state index in [0.717, 1.165) is 11.4 Å². The molecule has 0 radical (unpaired) electrons. The van der Waals surface area contributed by atoms with E-state index in [1.54, 1.807) is 18.1 Å². The number of aryl methyl sites for hydroxylation is 1. The molecular formula is C10H12N3O+. The average Bonchev–Trinajstić information content (AvgIpc) is 2.65. The number of rotatable bonds is 2. The first-order valence-electron chi connectivity index (χ1n) is 4.34. The van der Waals surface area contributed by atoms with Gasteiger partial charge < -0.3 is 4.74 Å². The maximum absolute atomic E-state index is 5.08. The molecular weight excluding hydrogens is 178 g/mol. The van der Waals surface area contributed by atoms with Gasteiger partial charge in [0.2, 0.25) is 6.33 Å². The Morgan fingerprint density at radius 3 is 2.50 bits per heavy atom. The second-order valence-electron chi connectivity index (χ2n) is 3.03. The first-order chi connectivity index (χ1) is 6.79. The smallest absolute Gasteiger partial charge is 0.270 e. The number of aromatic nitrogens is 3. The van der Waals surface area contributed by atoms with Crippen LogP contribution in [0.4, 0.5) is 0 Å². The van der Waals surface area contributed by atoms with E-state index >= 15 is 0 Å². The molecule has 0 amide bonds. The van der Waals surface area contributed by atoms with Crippen molar-refractivity contribution in [3.05, 3.63) is 36.9 Å². The van der Waals surface area contributed by atoms with Crippen LogP contribution in [0.2, 0.25) is 0 Å². The SMILES string of the molecule is COc1ccc(-[n+]2cnn(C)c2)cc1. The van der Waals surface area contributed by atoms with Gasteiger partial charge in [-0.25, -0.2) is 4.57 Å². The third-order valence-electron chi connectivity index (χ3n) is 2.02. The van der Waals surface area contributed by atoms with Gasteiger partial charge in [0, 0.05) is 5.10 Å². The van der Waals surface area contributed by atoms with Crippen molar-refractivity contribution in [2.45, 2.75) is 0 Å². The van der Waals surface area contributed by atoms with E-state index in [4.69, 9.17) is 4.74 Å². The lowest BCUT2D eigenvalue weighted by molar-refractivity contribution is -0.596. The molecule has 0 aliphatic heterocycles. The van der Waals surface area contributed by atoms with Gasteiger partial charge in [-0.2, -0.15) is 0 Å². The van der Waals surface area contributed by atoms with Gasteiger partial charge >= 0.3 is 0 Å². The second kappa shape index (κ2) is 3.49. The molecule has 1 aromatic heterocycles. The summed E-state index contributed by atoms with van der Waals surface area (Å²) in [4.78, 5) is 0. The second-order valence-corrected chi connectivity index (χ2v) is 3.03. The molecule has 0 bridgehead atoms. The molecule has 0 aliphatic rings. The molecule has 0 fully saturated rings. The summed E-state index contributed by atoms with van der Waals surface area (Å²) < 4.78 is 8.78. The Labute approximate surface area is 82.4 Å². The van der Waals surface area contributed by atoms with Gasteiger partial charge in [-0.3, -0.25) is 0 Å². The van der Waals surface area contributed by atoms with Crippen LogP contribution in [0, 0.1) is 0 Å². The number of methoxy groups -OCH3 is 1. The molecule has 2 aromatic rings. The summed E-state index contributed by atoms with van der Waals surface area (Å²) in [5.41, 5.74) is 1.07. The summed E-state index contributed by atoms with van der Waals surface area (Å²) >= 11 is 0. The lowest BCUT2D eigenvalue weighted by Gasteiger charge is -1.99. The highest BCUT2D eigenvalue weighted by molar-refractivity contribution is 5.31. The summed E-state index contributed by atoms with van der Waals surface area (Å²) in [7, 11) is 3.55. The first-order valence-corrected chi connectivity index (χ1v) is 4.34. The Balaban J connectivity index is 2.33. The van der Waals surface area contributed by atoms with E-state index in [0.29, 0.717) is 0 Å². The van der Waals surface area contributed by atoms with Crippen LogP contribution in [0.25, 0.3) is 5.69 Å². The zero-order chi connectivity index (χ0) is 9.97. The van der Waals surface area contributed by atoms with E-state index < -0.39 is 0 Å². The lowest BCUT2D eigenvalue weighted by atomic mass is 10.3. The van der Waals surface area contributed by atoms with E-state index in [9.17, 15) is 0 Å². The molecule has 4 nitrogen and oxygen atoms in total. The van der Waals surface area contributed by atoms with Gasteiger partial charge in [-0.1, -0.05) is 0 Å². The molecule has 0 aliphatic carbocycles. The Hall–Kier alpha value is -1.84. The van der Waals surface area contributed by atoms with Gasteiger partial charge in [0.15, 0.2) is 0 Å². The van der Waals surface area contributed by atoms with Gasteiger partial charge in [0.05, 0.1) is 14.2 Å². The van der Waals surface area contributed by atoms with Crippen molar-refractivity contribution in [3.8, 4) is 11.4 Å². The van der Waals surface area contributed by atoms with E-state index in [1.807, 2.05) is 42.2 Å². The molecule has 14 heavy (non-hydrogen) atoms. The predicted octanol–water partition coefficient (Wildman–Crippen LogP) is 0.705. The minimum absolute atomic E-state index is 0.859. The highest BCUT2D eigenvalue weighted by Crippen LogP contribution is 2.10. The van der Waals surface area contributed by atoms with E-state index in [1.165, 1.54) is 0 Å². The molecule has 0 N–H and O–H groups in total. The van der Waals surface area contributed by atoms with Crippen molar-refractivity contribution in [1.82, 2.24) is 9.78 Å². The highest BCUT2D eigenvalue weighted by Gasteiger charge is 2.03. The van der Waals surface area contributed by atoms with E-state index in [2.05, 4.69) is 5.10 Å². The fourth-order valence-electron chi connectivity index (χ4n) is 1.26. The molecule has 4 heteroatoms. The van der Waals surface area contributed by atoms with Crippen LogP contribution < -0.4 is 9.30 Å². The van der Waals surface area contributed by atoms with Crippen LogP contribution in [0.15, 0.2) is 36.9 Å². The van der Waals surface area contributed by atoms with Crippen molar-refractivity contribution in [2.24, 2.45) is 7.05 Å². The highest BCUT2D eigenvalue weighted by atomic mass is 16.5. The maximum Gasteiger partial charge on any atom is 0.270 e. The molecule has 0 spiro atoms. The van der Waals surface area contributed by atoms with Gasteiger partial charge in [0.1, 0.15) is 11.4 Å². The Kier molecular flexibility index (Phi) is 2.18. The third-order valence-corrected chi connectivity index (χ3v) is 2.02. The standard InChI is InChI=1S/C10H12N3O/c1-12-8-13(7-11-12)9-3-5-10(14-2)6-4-9/h3-8H,1-2H3/q+1. The van der Waals surface area contributed by atoms with E-state index in [-0.39, 0.29) is 0 Å². The molecule has 0 saturated heterocycles. The molecule has 2 rings (SSSR count).